The lowest BCUT2D eigenvalue weighted by Crippen LogP contribution is -2.51. The standard InChI is InChI=1S/C9H19N3O3S/c1-2-9(13)11-4-6-12(7-5-11)16(14,15)8-3-10/h2-8,10H2,1H3. The molecule has 0 bridgehead atoms. The molecule has 0 spiro atoms. The Bertz CT molecular complexity index is 334. The number of rotatable bonds is 4. The Morgan fingerprint density at radius 2 is 1.81 bits per heavy atom. The van der Waals surface area contributed by atoms with Crippen molar-refractivity contribution in [3.05, 3.63) is 0 Å². The van der Waals surface area contributed by atoms with Gasteiger partial charge >= 0.3 is 0 Å². The van der Waals surface area contributed by atoms with Gasteiger partial charge < -0.3 is 10.6 Å². The number of sulfonamides is 1. The molecule has 1 amide bonds. The van der Waals surface area contributed by atoms with Crippen LogP contribution in [0.25, 0.3) is 0 Å². The van der Waals surface area contributed by atoms with Crippen molar-refractivity contribution in [2.75, 3.05) is 38.5 Å². The Morgan fingerprint density at radius 1 is 1.25 bits per heavy atom. The summed E-state index contributed by atoms with van der Waals surface area (Å²) < 4.78 is 24.8. The largest absolute Gasteiger partial charge is 0.340 e. The average molecular weight is 249 g/mol. The third-order valence-corrected chi connectivity index (χ3v) is 4.57. The molecule has 1 saturated heterocycles. The summed E-state index contributed by atoms with van der Waals surface area (Å²) >= 11 is 0. The van der Waals surface area contributed by atoms with Crippen LogP contribution in [0.2, 0.25) is 0 Å². The monoisotopic (exact) mass is 249 g/mol. The third-order valence-electron chi connectivity index (χ3n) is 2.66. The molecule has 7 heteroatoms. The molecule has 0 atom stereocenters. The minimum atomic E-state index is -3.22. The predicted octanol–water partition coefficient (Wildman–Crippen LogP) is -1.17. The maximum absolute atomic E-state index is 11.7. The highest BCUT2D eigenvalue weighted by Crippen LogP contribution is 2.08. The summed E-state index contributed by atoms with van der Waals surface area (Å²) in [6.45, 7) is 3.67. The minimum Gasteiger partial charge on any atom is -0.340 e. The highest BCUT2D eigenvalue weighted by Gasteiger charge is 2.27. The van der Waals surface area contributed by atoms with Gasteiger partial charge in [0.15, 0.2) is 0 Å². The molecule has 94 valence electrons. The van der Waals surface area contributed by atoms with Gasteiger partial charge in [0.2, 0.25) is 15.9 Å². The first kappa shape index (κ1) is 13.4. The minimum absolute atomic E-state index is 0.0191. The summed E-state index contributed by atoms with van der Waals surface area (Å²) in [5.74, 6) is 0.0604. The summed E-state index contributed by atoms with van der Waals surface area (Å²) in [5, 5.41) is 0. The molecule has 1 fully saturated rings. The average Bonchev–Trinajstić information content (AvgIpc) is 2.28. The smallest absolute Gasteiger partial charge is 0.222 e. The molecule has 0 aromatic carbocycles. The summed E-state index contributed by atoms with van der Waals surface area (Å²) in [6, 6.07) is 0. The molecule has 2 N–H and O–H groups in total. The number of hydrogen-bond acceptors (Lipinski definition) is 4. The van der Waals surface area contributed by atoms with Crippen LogP contribution in [0, 0.1) is 0 Å². The fraction of sp³-hybridized carbons (Fsp3) is 0.889. The summed E-state index contributed by atoms with van der Waals surface area (Å²) in [6.07, 6.45) is 0.468. The van der Waals surface area contributed by atoms with Crippen molar-refractivity contribution in [1.82, 2.24) is 9.21 Å². The van der Waals surface area contributed by atoms with E-state index in [2.05, 4.69) is 0 Å². The molecule has 1 rings (SSSR count). The molecule has 0 unspecified atom stereocenters. The summed E-state index contributed by atoms with van der Waals surface area (Å²) in [5.41, 5.74) is 5.25. The van der Waals surface area contributed by atoms with Crippen LogP contribution in [0.1, 0.15) is 13.3 Å². The molecule has 0 aliphatic carbocycles. The highest BCUT2D eigenvalue weighted by molar-refractivity contribution is 7.89. The van der Waals surface area contributed by atoms with Crippen molar-refractivity contribution >= 4 is 15.9 Å². The number of nitrogens with two attached hydrogens (primary N) is 1. The van der Waals surface area contributed by atoms with Gasteiger partial charge in [-0.1, -0.05) is 6.92 Å². The molecule has 0 radical (unpaired) electrons. The Morgan fingerprint density at radius 3 is 2.25 bits per heavy atom. The second-order valence-electron chi connectivity index (χ2n) is 3.74. The molecule has 1 aliphatic rings. The number of nitrogens with zero attached hydrogens (tertiary/aromatic N) is 2. The molecule has 0 saturated carbocycles. The Labute approximate surface area is 96.4 Å². The van der Waals surface area contributed by atoms with Crippen LogP contribution in [0.4, 0.5) is 0 Å². The second kappa shape index (κ2) is 5.60. The first-order chi connectivity index (χ1) is 7.51. The van der Waals surface area contributed by atoms with Crippen LogP contribution in [0.15, 0.2) is 0 Å². The maximum atomic E-state index is 11.7. The Hall–Kier alpha value is -0.660. The van der Waals surface area contributed by atoms with Crippen LogP contribution in [0.5, 0.6) is 0 Å². The van der Waals surface area contributed by atoms with Gasteiger partial charge in [-0.3, -0.25) is 4.79 Å². The van der Waals surface area contributed by atoms with Gasteiger partial charge in [0.05, 0.1) is 5.75 Å². The van der Waals surface area contributed by atoms with E-state index in [0.717, 1.165) is 0 Å². The molecule has 0 aromatic rings. The molecule has 0 aromatic heterocycles. The number of carbonyl (C=O) groups excluding carboxylic acids is 1. The number of amides is 1. The zero-order valence-corrected chi connectivity index (χ0v) is 10.4. The molecular formula is C9H19N3O3S. The summed E-state index contributed by atoms with van der Waals surface area (Å²) in [4.78, 5) is 13.1. The fourth-order valence-electron chi connectivity index (χ4n) is 1.72. The third kappa shape index (κ3) is 3.16. The van der Waals surface area contributed by atoms with E-state index in [9.17, 15) is 13.2 Å². The Balaban J connectivity index is 2.52. The van der Waals surface area contributed by atoms with Crippen molar-refractivity contribution in [3.8, 4) is 0 Å². The fourth-order valence-corrected chi connectivity index (χ4v) is 2.99. The first-order valence-corrected chi connectivity index (χ1v) is 7.08. The van der Waals surface area contributed by atoms with Gasteiger partial charge in [0, 0.05) is 39.1 Å². The van der Waals surface area contributed by atoms with E-state index in [0.29, 0.717) is 32.6 Å². The van der Waals surface area contributed by atoms with Crippen molar-refractivity contribution in [2.45, 2.75) is 13.3 Å². The van der Waals surface area contributed by atoms with Crippen molar-refractivity contribution in [1.29, 1.82) is 0 Å². The SMILES string of the molecule is CCC(=O)N1CCN(S(=O)(=O)CCN)CC1. The van der Waals surface area contributed by atoms with E-state index in [-0.39, 0.29) is 18.2 Å². The lowest BCUT2D eigenvalue weighted by atomic mass is 10.3. The van der Waals surface area contributed by atoms with E-state index in [1.165, 1.54) is 4.31 Å². The van der Waals surface area contributed by atoms with Crippen LogP contribution < -0.4 is 5.73 Å². The van der Waals surface area contributed by atoms with E-state index in [4.69, 9.17) is 5.73 Å². The Kier molecular flexibility index (Phi) is 4.69. The van der Waals surface area contributed by atoms with Crippen LogP contribution in [0.3, 0.4) is 0 Å². The number of piperazine rings is 1. The van der Waals surface area contributed by atoms with Crippen LogP contribution >= 0.6 is 0 Å². The highest BCUT2D eigenvalue weighted by atomic mass is 32.2. The lowest BCUT2D eigenvalue weighted by molar-refractivity contribution is -0.132. The van der Waals surface area contributed by atoms with E-state index >= 15 is 0 Å². The van der Waals surface area contributed by atoms with Gasteiger partial charge in [-0.25, -0.2) is 8.42 Å². The quantitative estimate of drug-likeness (QED) is 0.680. The molecule has 1 heterocycles. The van der Waals surface area contributed by atoms with Gasteiger partial charge in [-0.2, -0.15) is 4.31 Å². The zero-order valence-electron chi connectivity index (χ0n) is 9.55. The van der Waals surface area contributed by atoms with Crippen molar-refractivity contribution < 1.29 is 13.2 Å². The van der Waals surface area contributed by atoms with E-state index in [1.54, 1.807) is 11.8 Å². The van der Waals surface area contributed by atoms with Crippen molar-refractivity contribution in [3.63, 3.8) is 0 Å². The maximum Gasteiger partial charge on any atom is 0.222 e. The number of carbonyl (C=O) groups is 1. The molecule has 1 aliphatic heterocycles. The van der Waals surface area contributed by atoms with Crippen LogP contribution in [-0.4, -0.2) is 62.0 Å². The van der Waals surface area contributed by atoms with E-state index in [1.807, 2.05) is 0 Å². The first-order valence-electron chi connectivity index (χ1n) is 5.47. The molecule has 6 nitrogen and oxygen atoms in total. The predicted molar refractivity (Wildman–Crippen MR) is 61.3 cm³/mol. The van der Waals surface area contributed by atoms with Crippen molar-refractivity contribution in [2.24, 2.45) is 5.73 Å². The van der Waals surface area contributed by atoms with Gasteiger partial charge in [-0.15, -0.1) is 0 Å². The van der Waals surface area contributed by atoms with Gasteiger partial charge in [0.1, 0.15) is 0 Å². The topological polar surface area (TPSA) is 83.7 Å². The second-order valence-corrected chi connectivity index (χ2v) is 5.83. The van der Waals surface area contributed by atoms with Crippen LogP contribution in [-0.2, 0) is 14.8 Å². The van der Waals surface area contributed by atoms with Gasteiger partial charge in [0.25, 0.3) is 0 Å². The molecule has 16 heavy (non-hydrogen) atoms. The number of hydrogen-bond donors (Lipinski definition) is 1. The van der Waals surface area contributed by atoms with Gasteiger partial charge in [-0.05, 0) is 0 Å². The van der Waals surface area contributed by atoms with E-state index < -0.39 is 10.0 Å². The summed E-state index contributed by atoms with van der Waals surface area (Å²) in [7, 11) is -3.22. The molecular weight excluding hydrogens is 230 g/mol. The normalized spacial score (nSPS) is 18.8. The zero-order chi connectivity index (χ0) is 12.2. The lowest BCUT2D eigenvalue weighted by Gasteiger charge is -2.33.